The highest BCUT2D eigenvalue weighted by atomic mass is 19.4. The highest BCUT2D eigenvalue weighted by molar-refractivity contribution is 5.94. The van der Waals surface area contributed by atoms with Crippen molar-refractivity contribution in [3.63, 3.8) is 0 Å². The minimum absolute atomic E-state index is 0.00328. The topological polar surface area (TPSA) is 72.9 Å². The van der Waals surface area contributed by atoms with Gasteiger partial charge in [0, 0.05) is 43.7 Å². The number of hydrogen-bond acceptors (Lipinski definition) is 4. The van der Waals surface area contributed by atoms with Gasteiger partial charge in [0.1, 0.15) is 0 Å². The summed E-state index contributed by atoms with van der Waals surface area (Å²) in [7, 11) is 0. The highest BCUT2D eigenvalue weighted by Crippen LogP contribution is 2.34. The van der Waals surface area contributed by atoms with Gasteiger partial charge in [0.2, 0.25) is 5.91 Å². The fraction of sp³-hybridized carbons (Fsp3) is 0.500. The van der Waals surface area contributed by atoms with Crippen molar-refractivity contribution in [2.75, 3.05) is 19.6 Å². The number of alkyl halides is 3. The van der Waals surface area contributed by atoms with Gasteiger partial charge in [0.25, 0.3) is 6.47 Å². The number of carbonyl (C=O) groups is 2. The maximum absolute atomic E-state index is 13.2. The molecule has 2 heterocycles. The Hall–Kier alpha value is -2.39. The number of carbonyl (C=O) groups excluding carboxylic acids is 1. The van der Waals surface area contributed by atoms with E-state index in [0.29, 0.717) is 12.1 Å². The van der Waals surface area contributed by atoms with E-state index >= 15 is 0 Å². The number of nitrogens with zero attached hydrogens (tertiary/aromatic N) is 2. The van der Waals surface area contributed by atoms with Crippen LogP contribution in [0.2, 0.25) is 0 Å². The van der Waals surface area contributed by atoms with Crippen LogP contribution in [0.3, 0.4) is 0 Å². The first-order valence-electron chi connectivity index (χ1n) is 9.57. The Balaban J connectivity index is 0.000000755. The molecule has 0 aromatic heterocycles. The van der Waals surface area contributed by atoms with Crippen LogP contribution in [0.15, 0.2) is 35.9 Å². The monoisotopic (exact) mass is 411 g/mol. The van der Waals surface area contributed by atoms with Crippen LogP contribution in [-0.4, -0.2) is 53.1 Å². The van der Waals surface area contributed by atoms with Crippen LogP contribution in [0.5, 0.6) is 0 Å². The molecule has 2 unspecified atom stereocenters. The lowest BCUT2D eigenvalue weighted by Gasteiger charge is -2.39. The maximum atomic E-state index is 13.2. The van der Waals surface area contributed by atoms with Gasteiger partial charge < -0.3 is 10.0 Å². The number of rotatable bonds is 4. The number of nitrogens with one attached hydrogen (secondary N) is 1. The first-order valence-corrected chi connectivity index (χ1v) is 9.57. The molecule has 9 heteroatoms. The van der Waals surface area contributed by atoms with E-state index in [1.165, 1.54) is 6.07 Å². The smallest absolute Gasteiger partial charge is 0.416 e. The molecule has 0 spiro atoms. The van der Waals surface area contributed by atoms with Crippen molar-refractivity contribution in [2.24, 2.45) is 5.92 Å². The average Bonchev–Trinajstić information content (AvgIpc) is 3.51. The third kappa shape index (κ3) is 5.36. The van der Waals surface area contributed by atoms with Crippen molar-refractivity contribution >= 4 is 12.4 Å². The molecule has 1 aromatic carbocycles. The number of hydrazine groups is 1. The van der Waals surface area contributed by atoms with Gasteiger partial charge in [-0.05, 0) is 37.0 Å². The van der Waals surface area contributed by atoms with Crippen LogP contribution in [0.4, 0.5) is 13.2 Å². The molecule has 158 valence electrons. The molecule has 4 rings (SSSR count). The average molecular weight is 411 g/mol. The van der Waals surface area contributed by atoms with Crippen molar-refractivity contribution in [2.45, 2.75) is 38.0 Å². The normalized spacial score (nSPS) is 23.3. The lowest BCUT2D eigenvalue weighted by atomic mass is 9.89. The molecule has 1 aliphatic carbocycles. The zero-order chi connectivity index (χ0) is 21.0. The molecular weight excluding hydrogens is 387 g/mol. The number of fused-ring (bicyclic) bond motifs is 2. The molecule has 29 heavy (non-hydrogen) atoms. The molecule has 2 bridgehead atoms. The predicted molar refractivity (Wildman–Crippen MR) is 99.5 cm³/mol. The minimum atomic E-state index is -4.37. The minimum Gasteiger partial charge on any atom is -0.483 e. The van der Waals surface area contributed by atoms with Crippen molar-refractivity contribution < 1.29 is 27.9 Å². The number of carboxylic acid groups (broad SMARTS) is 1. The van der Waals surface area contributed by atoms with Crippen molar-refractivity contribution in [3.05, 3.63) is 47.0 Å². The largest absolute Gasteiger partial charge is 0.483 e. The van der Waals surface area contributed by atoms with Gasteiger partial charge in [0.15, 0.2) is 0 Å². The summed E-state index contributed by atoms with van der Waals surface area (Å²) in [5, 5.41) is 9.00. The van der Waals surface area contributed by atoms with Gasteiger partial charge in [-0.1, -0.05) is 18.2 Å². The molecule has 2 N–H and O–H groups in total. The summed E-state index contributed by atoms with van der Waals surface area (Å²) < 4.78 is 38.9. The summed E-state index contributed by atoms with van der Waals surface area (Å²) >= 11 is 0. The quantitative estimate of drug-likeness (QED) is 0.746. The Morgan fingerprint density at radius 1 is 1.31 bits per heavy atom. The van der Waals surface area contributed by atoms with Crippen LogP contribution in [0.1, 0.15) is 30.4 Å². The summed E-state index contributed by atoms with van der Waals surface area (Å²) in [6.07, 6.45) is 0.377. The highest BCUT2D eigenvalue weighted by Gasteiger charge is 2.38. The zero-order valence-electron chi connectivity index (χ0n) is 15.9. The van der Waals surface area contributed by atoms with E-state index in [1.807, 2.05) is 6.08 Å². The Bertz CT molecular complexity index is 778. The van der Waals surface area contributed by atoms with E-state index in [9.17, 15) is 18.0 Å². The lowest BCUT2D eigenvalue weighted by Crippen LogP contribution is -2.52. The Morgan fingerprint density at radius 3 is 2.69 bits per heavy atom. The molecule has 2 atom stereocenters. The molecule has 2 aliphatic heterocycles. The van der Waals surface area contributed by atoms with Gasteiger partial charge in [-0.2, -0.15) is 13.2 Å². The summed E-state index contributed by atoms with van der Waals surface area (Å²) in [5.74, 6) is 0.205. The van der Waals surface area contributed by atoms with Gasteiger partial charge in [-0.3, -0.25) is 15.0 Å². The van der Waals surface area contributed by atoms with Gasteiger partial charge >= 0.3 is 6.18 Å². The second kappa shape index (κ2) is 8.96. The van der Waals surface area contributed by atoms with E-state index in [4.69, 9.17) is 9.90 Å². The molecule has 1 amide bonds. The summed E-state index contributed by atoms with van der Waals surface area (Å²) in [6, 6.07) is 5.46. The first kappa shape index (κ1) is 21.3. The zero-order valence-corrected chi connectivity index (χ0v) is 15.9. The maximum Gasteiger partial charge on any atom is 0.416 e. The number of halogens is 3. The molecule has 2 fully saturated rings. The van der Waals surface area contributed by atoms with Crippen molar-refractivity contribution in [3.8, 4) is 0 Å². The molecule has 1 aromatic rings. The third-order valence-corrected chi connectivity index (χ3v) is 5.34. The molecular formula is C20H24F3N3O3. The molecule has 6 nitrogen and oxygen atoms in total. The van der Waals surface area contributed by atoms with E-state index in [2.05, 4.69) is 10.4 Å². The van der Waals surface area contributed by atoms with E-state index < -0.39 is 11.7 Å². The Kier molecular flexibility index (Phi) is 6.59. The fourth-order valence-corrected chi connectivity index (χ4v) is 3.81. The van der Waals surface area contributed by atoms with Crippen LogP contribution in [0.25, 0.3) is 0 Å². The number of amides is 1. The van der Waals surface area contributed by atoms with Crippen molar-refractivity contribution in [1.82, 2.24) is 15.3 Å². The van der Waals surface area contributed by atoms with E-state index in [0.717, 1.165) is 50.1 Å². The van der Waals surface area contributed by atoms with E-state index in [1.54, 1.807) is 11.0 Å². The summed E-state index contributed by atoms with van der Waals surface area (Å²) in [4.78, 5) is 23.3. The van der Waals surface area contributed by atoms with Crippen LogP contribution >= 0.6 is 0 Å². The van der Waals surface area contributed by atoms with Crippen LogP contribution < -0.4 is 5.43 Å². The van der Waals surface area contributed by atoms with Gasteiger partial charge in [0.05, 0.1) is 5.56 Å². The Labute approximate surface area is 166 Å². The predicted octanol–water partition coefficient (Wildman–Crippen LogP) is 2.66. The lowest BCUT2D eigenvalue weighted by molar-refractivity contribution is -0.137. The summed E-state index contributed by atoms with van der Waals surface area (Å²) in [6.45, 7) is 2.35. The van der Waals surface area contributed by atoms with Crippen molar-refractivity contribution in [1.29, 1.82) is 0 Å². The second-order valence-corrected chi connectivity index (χ2v) is 7.43. The summed E-state index contributed by atoms with van der Waals surface area (Å²) in [5.41, 5.74) is 3.99. The second-order valence-electron chi connectivity index (χ2n) is 7.43. The fourth-order valence-electron chi connectivity index (χ4n) is 3.81. The number of benzene rings is 1. The van der Waals surface area contributed by atoms with Gasteiger partial charge in [-0.15, -0.1) is 0 Å². The van der Waals surface area contributed by atoms with Crippen LogP contribution in [0, 0.1) is 5.92 Å². The standard InChI is InChI=1S/C19H22F3N3O.CH2O2/c20-19(21,22)15-3-1-2-13(10-15)11-25(16-4-5-16)18(26)17-7-9-24-12-14(17)6-8-23-24;2-1-3/h1-3,7,10,14,16,23H,4-6,8-9,11-12H2;1H,(H,2,3). The molecule has 1 saturated carbocycles. The Morgan fingerprint density at radius 2 is 2.03 bits per heavy atom. The molecule has 1 saturated heterocycles. The molecule has 0 radical (unpaired) electrons. The van der Waals surface area contributed by atoms with E-state index in [-0.39, 0.29) is 30.9 Å². The first-order chi connectivity index (χ1) is 13.8. The third-order valence-electron chi connectivity index (χ3n) is 5.34. The van der Waals surface area contributed by atoms with Crippen LogP contribution in [-0.2, 0) is 22.3 Å². The molecule has 3 aliphatic rings. The van der Waals surface area contributed by atoms with Gasteiger partial charge in [-0.25, -0.2) is 5.01 Å². The number of hydrogen-bond donors (Lipinski definition) is 2. The SMILES string of the molecule is O=C(C1=CCN2CC1CCN2)N(Cc1cccc(C(F)(F)F)c1)C1CC1.O=CO.